The first kappa shape index (κ1) is 21.8. The first-order valence-electron chi connectivity index (χ1n) is 10.9. The number of rotatable bonds is 6. The number of fused-ring (bicyclic) bond motifs is 1. The SMILES string of the molecule is O=C(Nc1nc2ccc(Cl)cc2s1)c1cccnc1NC(c1ccncc1)C1CCNCC1. The second-order valence-electron chi connectivity index (χ2n) is 7.97. The van der Waals surface area contributed by atoms with Crippen LogP contribution >= 0.6 is 22.9 Å². The average molecular weight is 479 g/mol. The molecule has 1 unspecified atom stereocenters. The minimum atomic E-state index is -0.255. The lowest BCUT2D eigenvalue weighted by atomic mass is 9.86. The van der Waals surface area contributed by atoms with E-state index in [1.807, 2.05) is 24.3 Å². The Kier molecular flexibility index (Phi) is 6.48. The predicted molar refractivity (Wildman–Crippen MR) is 133 cm³/mol. The Labute approximate surface area is 200 Å². The summed E-state index contributed by atoms with van der Waals surface area (Å²) in [6.45, 7) is 1.95. The summed E-state index contributed by atoms with van der Waals surface area (Å²) >= 11 is 7.47. The second-order valence-corrected chi connectivity index (χ2v) is 9.44. The molecule has 0 bridgehead atoms. The fourth-order valence-electron chi connectivity index (χ4n) is 4.19. The largest absolute Gasteiger partial charge is 0.362 e. The topological polar surface area (TPSA) is 91.8 Å². The summed E-state index contributed by atoms with van der Waals surface area (Å²) in [5, 5.41) is 11.1. The van der Waals surface area contributed by atoms with Crippen LogP contribution < -0.4 is 16.0 Å². The fourth-order valence-corrected chi connectivity index (χ4v) is 5.33. The maximum atomic E-state index is 13.2. The van der Waals surface area contributed by atoms with Crippen molar-refractivity contribution in [1.29, 1.82) is 0 Å². The number of nitrogens with zero attached hydrogens (tertiary/aromatic N) is 3. The standard InChI is InChI=1S/C24H23ClN6OS/c25-17-3-4-19-20(14-17)33-24(29-19)31-23(32)18-2-1-9-28-22(18)30-21(15-5-10-26-11-6-15)16-7-12-27-13-8-16/h1-6,9-11,14,16,21,27H,7-8,12-13H2,(H,28,30)(H,29,31,32). The minimum Gasteiger partial charge on any atom is -0.362 e. The Bertz CT molecular complexity index is 1260. The number of anilines is 2. The van der Waals surface area contributed by atoms with E-state index in [9.17, 15) is 4.79 Å². The molecule has 1 saturated heterocycles. The third-order valence-corrected chi connectivity index (χ3v) is 7.00. The molecule has 7 nitrogen and oxygen atoms in total. The van der Waals surface area contributed by atoms with Crippen LogP contribution in [0.1, 0.15) is 34.8 Å². The van der Waals surface area contributed by atoms with Gasteiger partial charge in [-0.2, -0.15) is 0 Å². The number of hydrogen-bond donors (Lipinski definition) is 3. The number of halogens is 1. The van der Waals surface area contributed by atoms with Gasteiger partial charge in [0.1, 0.15) is 5.82 Å². The maximum absolute atomic E-state index is 13.2. The van der Waals surface area contributed by atoms with Gasteiger partial charge >= 0.3 is 0 Å². The van der Waals surface area contributed by atoms with Gasteiger partial charge in [-0.15, -0.1) is 0 Å². The van der Waals surface area contributed by atoms with Gasteiger partial charge in [0.2, 0.25) is 0 Å². The van der Waals surface area contributed by atoms with Gasteiger partial charge in [-0.1, -0.05) is 22.9 Å². The summed E-state index contributed by atoms with van der Waals surface area (Å²) < 4.78 is 0.922. The third kappa shape index (κ3) is 4.98. The molecular weight excluding hydrogens is 456 g/mol. The number of piperidine rings is 1. The number of carbonyl (C=O) groups is 1. The number of thiazole rings is 1. The fraction of sp³-hybridized carbons (Fsp3) is 0.250. The molecule has 33 heavy (non-hydrogen) atoms. The smallest absolute Gasteiger partial charge is 0.261 e. The molecule has 4 aromatic rings. The molecule has 1 amide bonds. The molecule has 0 spiro atoms. The molecule has 9 heteroatoms. The summed E-state index contributed by atoms with van der Waals surface area (Å²) in [6, 6.07) is 13.1. The summed E-state index contributed by atoms with van der Waals surface area (Å²) in [5.41, 5.74) is 2.41. The first-order chi connectivity index (χ1) is 16.2. The molecule has 3 N–H and O–H groups in total. The molecule has 3 aromatic heterocycles. The van der Waals surface area contributed by atoms with Crippen LogP contribution in [0.4, 0.5) is 10.9 Å². The van der Waals surface area contributed by atoms with Gasteiger partial charge < -0.3 is 10.6 Å². The highest BCUT2D eigenvalue weighted by Gasteiger charge is 2.27. The number of carbonyl (C=O) groups excluding carboxylic acids is 1. The Balaban J connectivity index is 1.41. The maximum Gasteiger partial charge on any atom is 0.261 e. The molecule has 1 fully saturated rings. The number of benzene rings is 1. The van der Waals surface area contributed by atoms with E-state index in [0.29, 0.717) is 27.5 Å². The number of hydrogen-bond acceptors (Lipinski definition) is 7. The highest BCUT2D eigenvalue weighted by molar-refractivity contribution is 7.22. The molecule has 1 atom stereocenters. The zero-order chi connectivity index (χ0) is 22.6. The molecule has 168 valence electrons. The van der Waals surface area contributed by atoms with Crippen LogP contribution in [0.15, 0.2) is 61.1 Å². The van der Waals surface area contributed by atoms with Crippen molar-refractivity contribution >= 4 is 50.0 Å². The molecule has 4 heterocycles. The monoisotopic (exact) mass is 478 g/mol. The van der Waals surface area contributed by atoms with Crippen LogP contribution in [0.5, 0.6) is 0 Å². The van der Waals surface area contributed by atoms with E-state index in [-0.39, 0.29) is 11.9 Å². The second kappa shape index (κ2) is 9.82. The van der Waals surface area contributed by atoms with E-state index >= 15 is 0 Å². The first-order valence-corrected chi connectivity index (χ1v) is 12.1. The van der Waals surface area contributed by atoms with Crippen molar-refractivity contribution < 1.29 is 4.79 Å². The molecule has 1 aromatic carbocycles. The van der Waals surface area contributed by atoms with E-state index in [4.69, 9.17) is 11.6 Å². The van der Waals surface area contributed by atoms with Gasteiger partial charge in [0.05, 0.1) is 21.8 Å². The van der Waals surface area contributed by atoms with Crippen molar-refractivity contribution in [2.75, 3.05) is 23.7 Å². The quantitative estimate of drug-likeness (QED) is 0.355. The van der Waals surface area contributed by atoms with Crippen molar-refractivity contribution in [3.63, 3.8) is 0 Å². The lowest BCUT2D eigenvalue weighted by molar-refractivity contribution is 0.102. The Morgan fingerprint density at radius 3 is 2.76 bits per heavy atom. The summed E-state index contributed by atoms with van der Waals surface area (Å²) in [7, 11) is 0. The van der Waals surface area contributed by atoms with Crippen molar-refractivity contribution in [3.8, 4) is 0 Å². The molecule has 0 radical (unpaired) electrons. The van der Waals surface area contributed by atoms with Gasteiger partial charge in [0.25, 0.3) is 5.91 Å². The number of nitrogens with one attached hydrogen (secondary N) is 3. The number of pyridine rings is 2. The van der Waals surface area contributed by atoms with Crippen molar-refractivity contribution in [3.05, 3.63) is 77.2 Å². The van der Waals surface area contributed by atoms with Crippen LogP contribution in [0.2, 0.25) is 5.02 Å². The van der Waals surface area contributed by atoms with Crippen LogP contribution in [0.3, 0.4) is 0 Å². The van der Waals surface area contributed by atoms with Gasteiger partial charge in [0, 0.05) is 23.6 Å². The highest BCUT2D eigenvalue weighted by atomic mass is 35.5. The molecule has 0 aliphatic carbocycles. The van der Waals surface area contributed by atoms with E-state index in [2.05, 4.69) is 30.9 Å². The lowest BCUT2D eigenvalue weighted by Gasteiger charge is -2.32. The molecule has 0 saturated carbocycles. The van der Waals surface area contributed by atoms with Crippen LogP contribution in [-0.4, -0.2) is 33.9 Å². The van der Waals surface area contributed by atoms with Gasteiger partial charge in [-0.05, 0) is 79.9 Å². The zero-order valence-corrected chi connectivity index (χ0v) is 19.4. The third-order valence-electron chi connectivity index (χ3n) is 5.84. The van der Waals surface area contributed by atoms with E-state index < -0.39 is 0 Å². The van der Waals surface area contributed by atoms with Gasteiger partial charge in [0.15, 0.2) is 5.13 Å². The van der Waals surface area contributed by atoms with Crippen LogP contribution in [0, 0.1) is 5.92 Å². The van der Waals surface area contributed by atoms with E-state index in [0.717, 1.165) is 41.7 Å². The molecule has 1 aliphatic rings. The van der Waals surface area contributed by atoms with Crippen molar-refractivity contribution in [2.45, 2.75) is 18.9 Å². The highest BCUT2D eigenvalue weighted by Crippen LogP contribution is 2.33. The summed E-state index contributed by atoms with van der Waals surface area (Å²) in [4.78, 5) is 26.4. The minimum absolute atomic E-state index is 0.0288. The normalized spacial score (nSPS) is 15.3. The molecule has 1 aliphatic heterocycles. The van der Waals surface area contributed by atoms with E-state index in [1.54, 1.807) is 36.8 Å². The molecule has 5 rings (SSSR count). The van der Waals surface area contributed by atoms with Crippen molar-refractivity contribution in [1.82, 2.24) is 20.3 Å². The predicted octanol–water partition coefficient (Wildman–Crippen LogP) is 5.14. The van der Waals surface area contributed by atoms with Gasteiger partial charge in [-0.25, -0.2) is 9.97 Å². The Morgan fingerprint density at radius 2 is 1.94 bits per heavy atom. The van der Waals surface area contributed by atoms with Crippen molar-refractivity contribution in [2.24, 2.45) is 5.92 Å². The summed E-state index contributed by atoms with van der Waals surface area (Å²) in [5.74, 6) is 0.717. The number of aromatic nitrogens is 3. The van der Waals surface area contributed by atoms with Crippen LogP contribution in [-0.2, 0) is 0 Å². The Hall–Kier alpha value is -3.07. The van der Waals surface area contributed by atoms with Gasteiger partial charge in [-0.3, -0.25) is 15.1 Å². The zero-order valence-electron chi connectivity index (χ0n) is 17.8. The lowest BCUT2D eigenvalue weighted by Crippen LogP contribution is -2.34. The van der Waals surface area contributed by atoms with Crippen LogP contribution in [0.25, 0.3) is 10.2 Å². The molecular formula is C24H23ClN6OS. The summed E-state index contributed by atoms with van der Waals surface area (Å²) in [6.07, 6.45) is 7.39. The Morgan fingerprint density at radius 1 is 1.12 bits per heavy atom. The van der Waals surface area contributed by atoms with E-state index in [1.165, 1.54) is 11.3 Å². The average Bonchev–Trinajstić information content (AvgIpc) is 3.25. The number of amides is 1.